The molecule has 0 unspecified atom stereocenters. The van der Waals surface area contributed by atoms with Gasteiger partial charge in [-0.25, -0.2) is 5.48 Å². The Kier molecular flexibility index (Phi) is 13.4. The second-order valence-electron chi connectivity index (χ2n) is 1.81. The van der Waals surface area contributed by atoms with Gasteiger partial charge in [-0.05, 0) is 0 Å². The number of amides is 1. The summed E-state index contributed by atoms with van der Waals surface area (Å²) in [7, 11) is 0. The van der Waals surface area contributed by atoms with Crippen molar-refractivity contribution in [2.24, 2.45) is 0 Å². The molecule has 0 bridgehead atoms. The highest BCUT2D eigenvalue weighted by Gasteiger charge is 1.85. The van der Waals surface area contributed by atoms with Crippen molar-refractivity contribution >= 4 is 5.91 Å². The fourth-order valence-electron chi connectivity index (χ4n) is 0.170. The van der Waals surface area contributed by atoms with Gasteiger partial charge in [-0.2, -0.15) is 5.26 Å². The van der Waals surface area contributed by atoms with E-state index in [1.807, 2.05) is 5.48 Å². The molecular weight excluding hydrogens is 144 g/mol. The summed E-state index contributed by atoms with van der Waals surface area (Å²) in [4.78, 5) is 14.3. The van der Waals surface area contributed by atoms with Crippen LogP contribution >= 0.6 is 0 Å². The van der Waals surface area contributed by atoms with Gasteiger partial charge in [0.05, 0.1) is 6.07 Å². The molecule has 11 heavy (non-hydrogen) atoms. The molecule has 0 aromatic carbocycles. The molecule has 0 heterocycles. The number of carbonyl (C=O) groups excluding carboxylic acids is 1. The van der Waals surface area contributed by atoms with Gasteiger partial charge in [-0.3, -0.25) is 9.63 Å². The molecule has 0 aliphatic rings. The van der Waals surface area contributed by atoms with E-state index < -0.39 is 0 Å². The molecule has 0 fully saturated rings. The van der Waals surface area contributed by atoms with Crippen molar-refractivity contribution in [3.8, 4) is 6.07 Å². The summed E-state index contributed by atoms with van der Waals surface area (Å²) in [6.07, 6.45) is 1.25. The van der Waals surface area contributed by atoms with E-state index in [1.54, 1.807) is 6.07 Å². The van der Waals surface area contributed by atoms with Gasteiger partial charge < -0.3 is 0 Å². The van der Waals surface area contributed by atoms with Crippen LogP contribution in [0, 0.1) is 11.3 Å². The summed E-state index contributed by atoms with van der Waals surface area (Å²) in [5, 5.41) is 7.85. The van der Waals surface area contributed by atoms with Crippen LogP contribution in [0.2, 0.25) is 0 Å². The van der Waals surface area contributed by atoms with Crippen molar-refractivity contribution in [2.45, 2.75) is 27.2 Å². The smallest absolute Gasteiger partial charge is 0.240 e. The molecule has 4 heteroatoms. The Bertz CT molecular complexity index is 129. The monoisotopic (exact) mass is 158 g/mol. The molecule has 1 N–H and O–H groups in total. The van der Waals surface area contributed by atoms with Crippen molar-refractivity contribution in [1.29, 1.82) is 5.26 Å². The highest BCUT2D eigenvalue weighted by atomic mass is 16.6. The summed E-state index contributed by atoms with van der Waals surface area (Å²) in [6.45, 7) is 5.44. The van der Waals surface area contributed by atoms with Crippen LogP contribution in [0.5, 0.6) is 0 Å². The molecule has 0 aromatic rings. The van der Waals surface area contributed by atoms with E-state index in [2.05, 4.69) is 18.7 Å². The predicted octanol–water partition coefficient (Wildman–Crippen LogP) is 0.994. The minimum atomic E-state index is -0.305. The molecule has 0 rings (SSSR count). The number of nitrogens with zero attached hydrogens (tertiary/aromatic N) is 1. The molecule has 0 aliphatic carbocycles. The maximum absolute atomic E-state index is 9.97. The Hall–Kier alpha value is -1.08. The van der Waals surface area contributed by atoms with Gasteiger partial charge in [-0.1, -0.05) is 20.3 Å². The summed E-state index contributed by atoms with van der Waals surface area (Å²) in [5.41, 5.74) is 1.98. The fourth-order valence-corrected chi connectivity index (χ4v) is 0.170. The van der Waals surface area contributed by atoms with Crippen molar-refractivity contribution in [2.75, 3.05) is 6.61 Å². The quantitative estimate of drug-likeness (QED) is 0.481. The van der Waals surface area contributed by atoms with Crippen LogP contribution in [0.3, 0.4) is 0 Å². The van der Waals surface area contributed by atoms with E-state index >= 15 is 0 Å². The summed E-state index contributed by atoms with van der Waals surface area (Å²) in [6, 6.07) is 1.69. The molecule has 0 aromatic heterocycles. The first kappa shape index (κ1) is 12.6. The number of nitriles is 1. The molecule has 0 saturated heterocycles. The highest BCUT2D eigenvalue weighted by Crippen LogP contribution is 1.62. The molecule has 0 radical (unpaired) electrons. The molecule has 1 amide bonds. The average molecular weight is 158 g/mol. The second kappa shape index (κ2) is 11.7. The van der Waals surface area contributed by atoms with Gasteiger partial charge >= 0.3 is 0 Å². The van der Waals surface area contributed by atoms with Gasteiger partial charge in [0, 0.05) is 6.92 Å². The largest absolute Gasteiger partial charge is 0.273 e. The Morgan fingerprint density at radius 2 is 2.09 bits per heavy atom. The van der Waals surface area contributed by atoms with Crippen LogP contribution in [0.25, 0.3) is 0 Å². The Balaban J connectivity index is 0. The highest BCUT2D eigenvalue weighted by molar-refractivity contribution is 5.71. The van der Waals surface area contributed by atoms with Crippen LogP contribution < -0.4 is 5.48 Å². The molecule has 64 valence electrons. The lowest BCUT2D eigenvalue weighted by Crippen LogP contribution is -2.20. The normalized spacial score (nSPS) is 7.09. The van der Waals surface area contributed by atoms with Crippen LogP contribution in [-0.4, -0.2) is 12.5 Å². The van der Waals surface area contributed by atoms with Crippen LogP contribution in [0.1, 0.15) is 27.2 Å². The molecule has 0 aliphatic heterocycles. The van der Waals surface area contributed by atoms with Crippen molar-refractivity contribution in [3.63, 3.8) is 0 Å². The van der Waals surface area contributed by atoms with E-state index in [9.17, 15) is 4.79 Å². The van der Waals surface area contributed by atoms with Crippen LogP contribution in [0.4, 0.5) is 0 Å². The zero-order valence-electron chi connectivity index (χ0n) is 7.18. The maximum Gasteiger partial charge on any atom is 0.240 e. The predicted molar refractivity (Wildman–Crippen MR) is 41.3 cm³/mol. The third-order valence-electron chi connectivity index (χ3n) is 0.353. The number of hydrogen-bond acceptors (Lipinski definition) is 3. The van der Waals surface area contributed by atoms with E-state index in [1.165, 1.54) is 13.3 Å². The summed E-state index contributed by atoms with van der Waals surface area (Å²) >= 11 is 0. The molecule has 4 nitrogen and oxygen atoms in total. The lowest BCUT2D eigenvalue weighted by atomic mass is 10.6. The van der Waals surface area contributed by atoms with Gasteiger partial charge in [-0.15, -0.1) is 0 Å². The molecule has 0 spiro atoms. The van der Waals surface area contributed by atoms with E-state index in [0.29, 0.717) is 0 Å². The zero-order valence-corrected chi connectivity index (χ0v) is 7.18. The molecule has 0 saturated carbocycles. The third kappa shape index (κ3) is 27.8. The first-order valence-electron chi connectivity index (χ1n) is 3.44. The standard InChI is InChI=1S/C4H6N2O2.C3H8/c1-4(7)6-8-3-2-5;1-3-2/h3H2,1H3,(H,6,7);3H2,1-2H3. The SMILES string of the molecule is CC(=O)NOCC#N.CCC. The minimum Gasteiger partial charge on any atom is -0.273 e. The van der Waals surface area contributed by atoms with E-state index in [-0.39, 0.29) is 12.5 Å². The molecule has 0 atom stereocenters. The number of rotatable bonds is 2. The number of hydrogen-bond donors (Lipinski definition) is 1. The molecular formula is C7H14N2O2. The van der Waals surface area contributed by atoms with Gasteiger partial charge in [0.2, 0.25) is 5.91 Å². The first-order chi connectivity index (χ1) is 5.18. The van der Waals surface area contributed by atoms with E-state index in [0.717, 1.165) is 0 Å². The van der Waals surface area contributed by atoms with Crippen molar-refractivity contribution in [1.82, 2.24) is 5.48 Å². The Morgan fingerprint density at radius 3 is 2.36 bits per heavy atom. The second-order valence-corrected chi connectivity index (χ2v) is 1.81. The van der Waals surface area contributed by atoms with Gasteiger partial charge in [0.25, 0.3) is 0 Å². The first-order valence-corrected chi connectivity index (χ1v) is 3.44. The van der Waals surface area contributed by atoms with Gasteiger partial charge in [0.1, 0.15) is 0 Å². The van der Waals surface area contributed by atoms with Gasteiger partial charge in [0.15, 0.2) is 6.61 Å². The van der Waals surface area contributed by atoms with Crippen LogP contribution in [-0.2, 0) is 9.63 Å². The maximum atomic E-state index is 9.97. The number of nitrogens with one attached hydrogen (secondary N) is 1. The van der Waals surface area contributed by atoms with Crippen molar-refractivity contribution in [3.05, 3.63) is 0 Å². The van der Waals surface area contributed by atoms with Crippen LogP contribution in [0.15, 0.2) is 0 Å². The summed E-state index contributed by atoms with van der Waals surface area (Å²) in [5.74, 6) is -0.305. The third-order valence-corrected chi connectivity index (χ3v) is 0.353. The fraction of sp³-hybridized carbons (Fsp3) is 0.714. The lowest BCUT2D eigenvalue weighted by molar-refractivity contribution is -0.130. The lowest BCUT2D eigenvalue weighted by Gasteiger charge is -1.93. The Morgan fingerprint density at radius 1 is 1.64 bits per heavy atom. The van der Waals surface area contributed by atoms with E-state index in [4.69, 9.17) is 5.26 Å². The summed E-state index contributed by atoms with van der Waals surface area (Å²) < 4.78 is 0. The van der Waals surface area contributed by atoms with Crippen molar-refractivity contribution < 1.29 is 9.63 Å². The topological polar surface area (TPSA) is 62.1 Å². The zero-order chi connectivity index (χ0) is 9.11. The Labute approximate surface area is 67.1 Å². The average Bonchev–Trinajstić information content (AvgIpc) is 1.89. The number of carbonyl (C=O) groups is 1. The number of hydroxylamine groups is 1. The minimum absolute atomic E-state index is 0.112.